The molecule has 0 unspecified atom stereocenters. The molecule has 2 aromatic rings. The van der Waals surface area contributed by atoms with Crippen LogP contribution in [0.5, 0.6) is 0 Å². The second-order valence-corrected chi connectivity index (χ2v) is 7.37. The molecule has 2 aromatic carbocycles. The first-order valence-corrected chi connectivity index (χ1v) is 9.37. The zero-order valence-electron chi connectivity index (χ0n) is 15.1. The van der Waals surface area contributed by atoms with Gasteiger partial charge in [-0.1, -0.05) is 40.9 Å². The highest BCUT2D eigenvalue weighted by Crippen LogP contribution is 2.33. The molecule has 1 fully saturated rings. The normalized spacial score (nSPS) is 16.2. The molecule has 0 aromatic heterocycles. The van der Waals surface area contributed by atoms with Crippen molar-refractivity contribution in [1.29, 1.82) is 0 Å². The summed E-state index contributed by atoms with van der Waals surface area (Å²) < 4.78 is 5.08. The molecule has 1 heterocycles. The first-order valence-electron chi connectivity index (χ1n) is 8.62. The molecular formula is C20H18Cl2N2O4. The summed E-state index contributed by atoms with van der Waals surface area (Å²) in [7, 11) is 0. The van der Waals surface area contributed by atoms with E-state index in [0.29, 0.717) is 21.4 Å². The highest BCUT2D eigenvalue weighted by molar-refractivity contribution is 6.35. The Hall–Kier alpha value is -2.57. The van der Waals surface area contributed by atoms with Crippen molar-refractivity contribution in [3.8, 4) is 0 Å². The summed E-state index contributed by atoms with van der Waals surface area (Å²) in [6, 6.07) is 12.0. The summed E-state index contributed by atoms with van der Waals surface area (Å²) in [5.41, 5.74) is 2.13. The Kier molecular flexibility index (Phi) is 6.21. The third-order valence-electron chi connectivity index (χ3n) is 4.34. The average molecular weight is 421 g/mol. The van der Waals surface area contributed by atoms with E-state index in [1.807, 2.05) is 19.1 Å². The lowest BCUT2D eigenvalue weighted by molar-refractivity contribution is -0.151. The molecule has 146 valence electrons. The summed E-state index contributed by atoms with van der Waals surface area (Å²) in [6.45, 7) is 1.64. The summed E-state index contributed by atoms with van der Waals surface area (Å²) in [5, 5.41) is 3.45. The highest BCUT2D eigenvalue weighted by atomic mass is 35.5. The van der Waals surface area contributed by atoms with Gasteiger partial charge in [0.25, 0.3) is 5.91 Å². The van der Waals surface area contributed by atoms with Crippen LogP contribution < -0.4 is 10.2 Å². The largest absolute Gasteiger partial charge is 0.455 e. The molecule has 8 heteroatoms. The van der Waals surface area contributed by atoms with E-state index in [0.717, 1.165) is 5.56 Å². The van der Waals surface area contributed by atoms with Crippen molar-refractivity contribution >= 4 is 52.4 Å². The van der Waals surface area contributed by atoms with E-state index in [4.69, 9.17) is 27.9 Å². The SMILES string of the molecule is Cc1ccc(NC(=O)COC(=O)[C@@H]2CC(=O)N(c3cc(Cl)ccc3Cl)C2)cc1. The van der Waals surface area contributed by atoms with Gasteiger partial charge in [-0.05, 0) is 37.3 Å². The fourth-order valence-corrected chi connectivity index (χ4v) is 3.27. The zero-order chi connectivity index (χ0) is 20.3. The van der Waals surface area contributed by atoms with E-state index in [9.17, 15) is 14.4 Å². The van der Waals surface area contributed by atoms with Gasteiger partial charge < -0.3 is 15.0 Å². The van der Waals surface area contributed by atoms with Crippen molar-refractivity contribution < 1.29 is 19.1 Å². The van der Waals surface area contributed by atoms with Crippen LogP contribution in [0.4, 0.5) is 11.4 Å². The Morgan fingerprint density at radius 3 is 2.61 bits per heavy atom. The minimum Gasteiger partial charge on any atom is -0.455 e. The molecule has 1 aliphatic heterocycles. The molecule has 0 aliphatic carbocycles. The number of halogens is 2. The minimum absolute atomic E-state index is 0.0126. The Morgan fingerprint density at radius 1 is 1.18 bits per heavy atom. The van der Waals surface area contributed by atoms with Crippen molar-refractivity contribution in [3.63, 3.8) is 0 Å². The summed E-state index contributed by atoms with van der Waals surface area (Å²) in [5.74, 6) is -1.98. The summed E-state index contributed by atoms with van der Waals surface area (Å²) in [6.07, 6.45) is -0.0126. The fraction of sp³-hybridized carbons (Fsp3) is 0.250. The number of amides is 2. The lowest BCUT2D eigenvalue weighted by atomic mass is 10.1. The first-order chi connectivity index (χ1) is 13.3. The Balaban J connectivity index is 1.55. The molecule has 0 spiro atoms. The van der Waals surface area contributed by atoms with E-state index in [1.165, 1.54) is 4.90 Å². The smallest absolute Gasteiger partial charge is 0.311 e. The molecular weight excluding hydrogens is 403 g/mol. The van der Waals surface area contributed by atoms with Gasteiger partial charge in [0.1, 0.15) is 0 Å². The van der Waals surface area contributed by atoms with Gasteiger partial charge in [-0.3, -0.25) is 14.4 Å². The van der Waals surface area contributed by atoms with Gasteiger partial charge in [-0.2, -0.15) is 0 Å². The van der Waals surface area contributed by atoms with Crippen molar-refractivity contribution in [2.24, 2.45) is 5.92 Å². The molecule has 2 amide bonds. The van der Waals surface area contributed by atoms with E-state index in [2.05, 4.69) is 5.32 Å². The summed E-state index contributed by atoms with van der Waals surface area (Å²) in [4.78, 5) is 37.9. The number of anilines is 2. The number of carbonyl (C=O) groups excluding carboxylic acids is 3. The van der Waals surface area contributed by atoms with Crippen LogP contribution in [0.15, 0.2) is 42.5 Å². The van der Waals surface area contributed by atoms with Crippen LogP contribution in [0.1, 0.15) is 12.0 Å². The maximum Gasteiger partial charge on any atom is 0.311 e. The molecule has 6 nitrogen and oxygen atoms in total. The highest BCUT2D eigenvalue weighted by Gasteiger charge is 2.37. The van der Waals surface area contributed by atoms with Crippen molar-refractivity contribution in [2.45, 2.75) is 13.3 Å². The lowest BCUT2D eigenvalue weighted by Crippen LogP contribution is -2.28. The molecule has 1 saturated heterocycles. The molecule has 3 rings (SSSR count). The first kappa shape index (κ1) is 20.2. The fourth-order valence-electron chi connectivity index (χ4n) is 2.88. The van der Waals surface area contributed by atoms with E-state index >= 15 is 0 Å². The number of nitrogens with zero attached hydrogens (tertiary/aromatic N) is 1. The second-order valence-electron chi connectivity index (χ2n) is 6.52. The molecule has 0 bridgehead atoms. The Morgan fingerprint density at radius 2 is 1.89 bits per heavy atom. The maximum absolute atomic E-state index is 12.3. The number of hydrogen-bond acceptors (Lipinski definition) is 4. The van der Waals surface area contributed by atoms with Gasteiger partial charge in [0.2, 0.25) is 5.91 Å². The van der Waals surface area contributed by atoms with Crippen molar-refractivity contribution in [2.75, 3.05) is 23.4 Å². The van der Waals surface area contributed by atoms with Gasteiger partial charge in [-0.25, -0.2) is 0 Å². The average Bonchev–Trinajstić information content (AvgIpc) is 3.05. The van der Waals surface area contributed by atoms with E-state index in [-0.39, 0.29) is 18.9 Å². The van der Waals surface area contributed by atoms with Crippen LogP contribution in [0, 0.1) is 12.8 Å². The number of benzene rings is 2. The molecule has 1 N–H and O–H groups in total. The second kappa shape index (κ2) is 8.63. The van der Waals surface area contributed by atoms with Crippen LogP contribution in [-0.4, -0.2) is 30.9 Å². The van der Waals surface area contributed by atoms with Crippen LogP contribution >= 0.6 is 23.2 Å². The van der Waals surface area contributed by atoms with Crippen LogP contribution in [0.2, 0.25) is 10.0 Å². The molecule has 0 saturated carbocycles. The number of carbonyl (C=O) groups is 3. The molecule has 0 radical (unpaired) electrons. The molecule has 28 heavy (non-hydrogen) atoms. The number of rotatable bonds is 5. The number of esters is 1. The van der Waals surface area contributed by atoms with Crippen LogP contribution in [0.3, 0.4) is 0 Å². The van der Waals surface area contributed by atoms with Gasteiger partial charge in [0, 0.05) is 23.7 Å². The van der Waals surface area contributed by atoms with Crippen LogP contribution in [0.25, 0.3) is 0 Å². The lowest BCUT2D eigenvalue weighted by Gasteiger charge is -2.18. The van der Waals surface area contributed by atoms with Gasteiger partial charge in [0.15, 0.2) is 6.61 Å². The third kappa shape index (κ3) is 4.82. The summed E-state index contributed by atoms with van der Waals surface area (Å²) >= 11 is 12.1. The van der Waals surface area contributed by atoms with Crippen molar-refractivity contribution in [3.05, 3.63) is 58.1 Å². The van der Waals surface area contributed by atoms with Crippen molar-refractivity contribution in [1.82, 2.24) is 0 Å². The minimum atomic E-state index is -0.672. The van der Waals surface area contributed by atoms with Gasteiger partial charge in [0.05, 0.1) is 16.6 Å². The standard InChI is InChI=1S/C20H18Cl2N2O4/c1-12-2-5-15(6-3-12)23-18(25)11-28-20(27)13-8-19(26)24(10-13)17-9-14(21)4-7-16(17)22/h2-7,9,13H,8,10-11H2,1H3,(H,23,25)/t13-/m1/s1. The van der Waals surface area contributed by atoms with E-state index in [1.54, 1.807) is 30.3 Å². The zero-order valence-corrected chi connectivity index (χ0v) is 16.6. The van der Waals surface area contributed by atoms with Gasteiger partial charge >= 0.3 is 5.97 Å². The third-order valence-corrected chi connectivity index (χ3v) is 4.89. The number of nitrogens with one attached hydrogen (secondary N) is 1. The van der Waals surface area contributed by atoms with E-state index < -0.39 is 24.4 Å². The topological polar surface area (TPSA) is 75.7 Å². The molecule has 1 aliphatic rings. The molecule has 1 atom stereocenters. The Labute approximate surface area is 172 Å². The van der Waals surface area contributed by atoms with Gasteiger partial charge in [-0.15, -0.1) is 0 Å². The quantitative estimate of drug-likeness (QED) is 0.745. The number of ether oxygens (including phenoxy) is 1. The number of hydrogen-bond donors (Lipinski definition) is 1. The predicted octanol–water partition coefficient (Wildman–Crippen LogP) is 3.84. The monoisotopic (exact) mass is 420 g/mol. The maximum atomic E-state index is 12.3. The Bertz CT molecular complexity index is 915. The predicted molar refractivity (Wildman–Crippen MR) is 108 cm³/mol. The number of aryl methyl sites for hydroxylation is 1. The van der Waals surface area contributed by atoms with Crippen LogP contribution in [-0.2, 0) is 19.1 Å².